The number of aliphatic hydroxyl groups is 1. The van der Waals surface area contributed by atoms with Crippen molar-refractivity contribution in [2.75, 3.05) is 0 Å². The van der Waals surface area contributed by atoms with E-state index in [4.69, 9.17) is 5.26 Å². The van der Waals surface area contributed by atoms with E-state index < -0.39 is 23.3 Å². The number of hydrogen-bond donors (Lipinski definition) is 1. The summed E-state index contributed by atoms with van der Waals surface area (Å²) in [7, 11) is 0. The molecule has 0 saturated heterocycles. The highest BCUT2D eigenvalue weighted by Gasteiger charge is 2.45. The quantitative estimate of drug-likeness (QED) is 0.542. The van der Waals surface area contributed by atoms with Gasteiger partial charge in [0.15, 0.2) is 0 Å². The van der Waals surface area contributed by atoms with E-state index in [-0.39, 0.29) is 12.0 Å². The molecule has 0 amide bonds. The first kappa shape index (κ1) is 19.1. The number of rotatable bonds is 3. The molecular formula is C24H16F2N4O. The molecule has 5 rings (SSSR count). The van der Waals surface area contributed by atoms with Gasteiger partial charge in [0.2, 0.25) is 0 Å². The molecule has 1 aliphatic rings. The van der Waals surface area contributed by atoms with E-state index in [0.717, 1.165) is 11.8 Å². The zero-order valence-electron chi connectivity index (χ0n) is 16.2. The van der Waals surface area contributed by atoms with Crippen molar-refractivity contribution in [2.24, 2.45) is 0 Å². The Bertz CT molecular complexity index is 1330. The van der Waals surface area contributed by atoms with Gasteiger partial charge in [0, 0.05) is 23.7 Å². The summed E-state index contributed by atoms with van der Waals surface area (Å²) in [6, 6.07) is 14.3. The van der Waals surface area contributed by atoms with Gasteiger partial charge in [0.05, 0.1) is 42.1 Å². The fraction of sp³-hybridized carbons (Fsp3) is 0.125. The van der Waals surface area contributed by atoms with Crippen molar-refractivity contribution < 1.29 is 13.9 Å². The van der Waals surface area contributed by atoms with E-state index in [1.807, 2.05) is 6.07 Å². The minimum absolute atomic E-state index is 0.217. The number of imidazole rings is 1. The smallest absolute Gasteiger partial charge is 0.142 e. The third-order valence-electron chi connectivity index (χ3n) is 5.80. The van der Waals surface area contributed by atoms with Crippen LogP contribution in [0.3, 0.4) is 0 Å². The molecule has 0 radical (unpaired) electrons. The van der Waals surface area contributed by atoms with Crippen LogP contribution >= 0.6 is 0 Å². The maximum atomic E-state index is 14.7. The summed E-state index contributed by atoms with van der Waals surface area (Å²) >= 11 is 0. The Kier molecular flexibility index (Phi) is 4.38. The van der Waals surface area contributed by atoms with E-state index in [9.17, 15) is 13.9 Å². The van der Waals surface area contributed by atoms with Gasteiger partial charge in [-0.2, -0.15) is 5.26 Å². The van der Waals surface area contributed by atoms with Crippen LogP contribution in [0.1, 0.15) is 34.8 Å². The van der Waals surface area contributed by atoms with Crippen molar-refractivity contribution >= 4 is 0 Å². The molecule has 2 aromatic heterocycles. The molecule has 7 heteroatoms. The van der Waals surface area contributed by atoms with E-state index in [0.29, 0.717) is 22.4 Å². The van der Waals surface area contributed by atoms with Gasteiger partial charge in [-0.1, -0.05) is 30.3 Å². The highest BCUT2D eigenvalue weighted by Crippen LogP contribution is 2.47. The first-order chi connectivity index (χ1) is 15.0. The molecule has 1 N–H and O–H groups in total. The highest BCUT2D eigenvalue weighted by atomic mass is 19.1. The lowest BCUT2D eigenvalue weighted by molar-refractivity contribution is 0.0792. The van der Waals surface area contributed by atoms with Gasteiger partial charge < -0.3 is 9.67 Å². The minimum Gasteiger partial charge on any atom is -0.379 e. The highest BCUT2D eigenvalue weighted by molar-refractivity contribution is 5.63. The van der Waals surface area contributed by atoms with Crippen molar-refractivity contribution in [3.8, 4) is 17.2 Å². The molecular weight excluding hydrogens is 398 g/mol. The predicted octanol–water partition coefficient (Wildman–Crippen LogP) is 4.32. The van der Waals surface area contributed by atoms with Gasteiger partial charge in [-0.15, -0.1) is 0 Å². The summed E-state index contributed by atoms with van der Waals surface area (Å²) in [5.41, 5.74) is 1.83. The second kappa shape index (κ2) is 7.11. The molecule has 5 nitrogen and oxygen atoms in total. The molecule has 0 saturated carbocycles. The van der Waals surface area contributed by atoms with Gasteiger partial charge >= 0.3 is 0 Å². The Hall–Kier alpha value is -3.89. The molecule has 3 heterocycles. The zero-order valence-corrected chi connectivity index (χ0v) is 16.2. The number of nitrogens with zero attached hydrogens (tertiary/aromatic N) is 4. The Balaban J connectivity index is 1.53. The summed E-state index contributed by atoms with van der Waals surface area (Å²) in [6.07, 6.45) is 6.08. The SMILES string of the molecule is N#Cc1ccc(C2CC(O)(c3ccc(-c4cncc(F)c4)cc3)c3cncn32)c(F)c1. The van der Waals surface area contributed by atoms with E-state index in [2.05, 4.69) is 9.97 Å². The monoisotopic (exact) mass is 414 g/mol. The second-order valence-electron chi connectivity index (χ2n) is 7.58. The molecule has 0 aliphatic carbocycles. The van der Waals surface area contributed by atoms with Crippen molar-refractivity contribution in [2.45, 2.75) is 18.1 Å². The Morgan fingerprint density at radius 2 is 1.81 bits per heavy atom. The Morgan fingerprint density at radius 3 is 2.52 bits per heavy atom. The molecule has 4 aromatic rings. The topological polar surface area (TPSA) is 74.7 Å². The van der Waals surface area contributed by atoms with Gasteiger partial charge in [-0.3, -0.25) is 4.98 Å². The summed E-state index contributed by atoms with van der Waals surface area (Å²) in [5.74, 6) is -0.922. The average molecular weight is 414 g/mol. The van der Waals surface area contributed by atoms with Gasteiger partial charge in [-0.25, -0.2) is 13.8 Å². The van der Waals surface area contributed by atoms with Crippen molar-refractivity contribution in [1.82, 2.24) is 14.5 Å². The first-order valence-electron chi connectivity index (χ1n) is 9.65. The van der Waals surface area contributed by atoms with Crippen LogP contribution in [0.5, 0.6) is 0 Å². The van der Waals surface area contributed by atoms with E-state index in [1.165, 1.54) is 12.1 Å². The molecule has 2 unspecified atom stereocenters. The lowest BCUT2D eigenvalue weighted by Gasteiger charge is -2.23. The molecule has 0 bridgehead atoms. The van der Waals surface area contributed by atoms with Crippen LogP contribution in [0.25, 0.3) is 11.1 Å². The number of halogens is 2. The number of fused-ring (bicyclic) bond motifs is 1. The van der Waals surface area contributed by atoms with Crippen molar-refractivity contribution in [1.29, 1.82) is 5.26 Å². The van der Waals surface area contributed by atoms with Crippen LogP contribution < -0.4 is 0 Å². The van der Waals surface area contributed by atoms with Crippen LogP contribution in [0.2, 0.25) is 0 Å². The average Bonchev–Trinajstić information content (AvgIpc) is 3.37. The van der Waals surface area contributed by atoms with Crippen molar-refractivity contribution in [3.05, 3.63) is 107 Å². The number of pyridine rings is 1. The fourth-order valence-corrected chi connectivity index (χ4v) is 4.26. The van der Waals surface area contributed by atoms with Crippen LogP contribution in [0, 0.1) is 23.0 Å². The summed E-state index contributed by atoms with van der Waals surface area (Å²) in [6.45, 7) is 0. The van der Waals surface area contributed by atoms with Gasteiger partial charge in [0.1, 0.15) is 17.2 Å². The van der Waals surface area contributed by atoms with Crippen LogP contribution in [0.4, 0.5) is 8.78 Å². The van der Waals surface area contributed by atoms with Crippen LogP contribution in [-0.4, -0.2) is 19.6 Å². The second-order valence-corrected chi connectivity index (χ2v) is 7.58. The van der Waals surface area contributed by atoms with Crippen LogP contribution in [0.15, 0.2) is 73.4 Å². The molecule has 0 fully saturated rings. The summed E-state index contributed by atoms with van der Waals surface area (Å²) in [4.78, 5) is 8.03. The normalized spacial score (nSPS) is 19.7. The largest absolute Gasteiger partial charge is 0.379 e. The number of aromatic nitrogens is 3. The number of nitriles is 1. The zero-order chi connectivity index (χ0) is 21.6. The van der Waals surface area contributed by atoms with E-state index >= 15 is 0 Å². The maximum Gasteiger partial charge on any atom is 0.142 e. The summed E-state index contributed by atoms with van der Waals surface area (Å²) in [5, 5.41) is 20.6. The molecule has 2 aromatic carbocycles. The Labute approximate surface area is 176 Å². The standard InChI is InChI=1S/C24H16F2N4O/c25-19-8-17(11-28-12-19)16-2-4-18(5-3-16)24(31)9-22(30-14-29-13-23(24)30)20-6-1-15(10-27)7-21(20)26/h1-8,11-14,22,31H,9H2. The molecule has 0 spiro atoms. The molecule has 1 aliphatic heterocycles. The lowest BCUT2D eigenvalue weighted by Crippen LogP contribution is -2.24. The summed E-state index contributed by atoms with van der Waals surface area (Å²) < 4.78 is 30.0. The first-order valence-corrected chi connectivity index (χ1v) is 9.65. The third kappa shape index (κ3) is 3.09. The minimum atomic E-state index is -1.37. The Morgan fingerprint density at radius 1 is 1.00 bits per heavy atom. The van der Waals surface area contributed by atoms with Gasteiger partial charge in [-0.05, 0) is 29.3 Å². The molecule has 2 atom stereocenters. The van der Waals surface area contributed by atoms with Gasteiger partial charge in [0.25, 0.3) is 0 Å². The number of benzene rings is 2. The number of hydrogen-bond acceptors (Lipinski definition) is 4. The fourth-order valence-electron chi connectivity index (χ4n) is 4.26. The van der Waals surface area contributed by atoms with Crippen LogP contribution in [-0.2, 0) is 5.60 Å². The van der Waals surface area contributed by atoms with E-state index in [1.54, 1.807) is 59.7 Å². The van der Waals surface area contributed by atoms with Crippen molar-refractivity contribution in [3.63, 3.8) is 0 Å². The lowest BCUT2D eigenvalue weighted by atomic mass is 9.86. The molecule has 31 heavy (non-hydrogen) atoms. The third-order valence-corrected chi connectivity index (χ3v) is 5.80. The predicted molar refractivity (Wildman–Crippen MR) is 109 cm³/mol. The maximum absolute atomic E-state index is 14.7. The molecule has 152 valence electrons.